The lowest BCUT2D eigenvalue weighted by Crippen LogP contribution is -2.24. The first-order valence-electron chi connectivity index (χ1n) is 8.91. The summed E-state index contributed by atoms with van der Waals surface area (Å²) in [6, 6.07) is 15.4. The van der Waals surface area contributed by atoms with Crippen LogP contribution in [0.3, 0.4) is 0 Å². The minimum Gasteiger partial charge on any atom is -0.349 e. The zero-order valence-electron chi connectivity index (χ0n) is 15.4. The number of amides is 1. The molecule has 0 saturated heterocycles. The lowest BCUT2D eigenvalue weighted by molar-refractivity contribution is -0.121. The monoisotopic (exact) mass is 434 g/mol. The molecular formula is C20H20Cl2N4OS. The molecule has 3 rings (SSSR count). The molecule has 28 heavy (non-hydrogen) atoms. The Labute approximate surface area is 178 Å². The number of rotatable bonds is 8. The first kappa shape index (κ1) is 20.7. The van der Waals surface area contributed by atoms with Gasteiger partial charge in [-0.1, -0.05) is 72.2 Å². The van der Waals surface area contributed by atoms with Gasteiger partial charge in [-0.25, -0.2) is 0 Å². The van der Waals surface area contributed by atoms with Crippen molar-refractivity contribution in [3.8, 4) is 5.69 Å². The molecule has 0 unspecified atom stereocenters. The molecule has 1 aromatic heterocycles. The van der Waals surface area contributed by atoms with Crippen LogP contribution in [0.4, 0.5) is 0 Å². The second-order valence-corrected chi connectivity index (χ2v) is 7.92. The van der Waals surface area contributed by atoms with Crippen LogP contribution in [0.25, 0.3) is 5.69 Å². The lowest BCUT2D eigenvalue weighted by atomic mass is 10.2. The van der Waals surface area contributed by atoms with Crippen molar-refractivity contribution in [2.24, 2.45) is 0 Å². The maximum atomic E-state index is 11.9. The van der Waals surface area contributed by atoms with E-state index in [-0.39, 0.29) is 12.5 Å². The molecule has 8 heteroatoms. The number of halogens is 2. The van der Waals surface area contributed by atoms with E-state index < -0.39 is 0 Å². The van der Waals surface area contributed by atoms with E-state index in [9.17, 15) is 4.79 Å². The molecule has 0 fully saturated rings. The third-order valence-electron chi connectivity index (χ3n) is 3.98. The third-order valence-corrected chi connectivity index (χ3v) is 5.52. The predicted molar refractivity (Wildman–Crippen MR) is 114 cm³/mol. The number of nitrogens with one attached hydrogen (secondary N) is 1. The lowest BCUT2D eigenvalue weighted by Gasteiger charge is -2.13. The van der Waals surface area contributed by atoms with Crippen molar-refractivity contribution in [2.75, 3.05) is 0 Å². The fraction of sp³-hybridized carbons (Fsp3) is 0.250. The zero-order valence-corrected chi connectivity index (χ0v) is 17.7. The van der Waals surface area contributed by atoms with Crippen molar-refractivity contribution in [1.82, 2.24) is 20.1 Å². The summed E-state index contributed by atoms with van der Waals surface area (Å²) in [4.78, 5) is 11.9. The minimum atomic E-state index is -0.0160. The Morgan fingerprint density at radius 1 is 1.14 bits per heavy atom. The van der Waals surface area contributed by atoms with E-state index in [4.69, 9.17) is 23.2 Å². The largest absolute Gasteiger partial charge is 0.349 e. The molecule has 0 spiro atoms. The van der Waals surface area contributed by atoms with E-state index in [2.05, 4.69) is 27.6 Å². The molecule has 5 nitrogen and oxygen atoms in total. The van der Waals surface area contributed by atoms with Gasteiger partial charge >= 0.3 is 0 Å². The molecule has 0 aliphatic rings. The van der Waals surface area contributed by atoms with E-state index in [0.717, 1.165) is 17.9 Å². The number of thioether (sulfide) groups is 1. The molecule has 0 aliphatic heterocycles. The Balaban J connectivity index is 1.89. The van der Waals surface area contributed by atoms with Gasteiger partial charge in [0.25, 0.3) is 0 Å². The normalized spacial score (nSPS) is 10.8. The first-order valence-corrected chi connectivity index (χ1v) is 10.7. The molecule has 1 N–H and O–H groups in total. The van der Waals surface area contributed by atoms with Crippen molar-refractivity contribution in [3.05, 3.63) is 70.0 Å². The van der Waals surface area contributed by atoms with Gasteiger partial charge in [0.15, 0.2) is 11.0 Å². The highest BCUT2D eigenvalue weighted by Crippen LogP contribution is 2.30. The van der Waals surface area contributed by atoms with E-state index >= 15 is 0 Å². The van der Waals surface area contributed by atoms with Crippen LogP contribution < -0.4 is 5.32 Å². The molecule has 0 radical (unpaired) electrons. The van der Waals surface area contributed by atoms with Gasteiger partial charge in [0, 0.05) is 17.2 Å². The molecule has 0 atom stereocenters. The summed E-state index contributed by atoms with van der Waals surface area (Å²) in [7, 11) is 0. The highest BCUT2D eigenvalue weighted by atomic mass is 35.5. The van der Waals surface area contributed by atoms with Gasteiger partial charge < -0.3 is 5.32 Å². The molecule has 1 heterocycles. The number of carbonyl (C=O) groups is 1. The number of carbonyl (C=O) groups excluding carboxylic acids is 1. The van der Waals surface area contributed by atoms with Crippen molar-refractivity contribution >= 4 is 40.9 Å². The van der Waals surface area contributed by atoms with E-state index in [1.165, 1.54) is 5.56 Å². The van der Waals surface area contributed by atoms with Gasteiger partial charge in [-0.05, 0) is 30.2 Å². The van der Waals surface area contributed by atoms with Crippen LogP contribution in [0.5, 0.6) is 0 Å². The maximum absolute atomic E-state index is 11.9. The summed E-state index contributed by atoms with van der Waals surface area (Å²) >= 11 is 14.0. The van der Waals surface area contributed by atoms with Crippen LogP contribution in [0.15, 0.2) is 53.7 Å². The van der Waals surface area contributed by atoms with Crippen molar-refractivity contribution < 1.29 is 4.79 Å². The van der Waals surface area contributed by atoms with E-state index in [0.29, 0.717) is 27.4 Å². The standard InChI is InChI=1S/C20H20Cl2N4OS/c1-2-6-19(27)23-12-18-24-25-20(28-13-14-7-4-3-5-8-14)26(18)17-10-9-15(21)11-16(17)22/h3-5,7-11H,2,6,12-13H2,1H3,(H,23,27). The van der Waals surface area contributed by atoms with Gasteiger partial charge in [-0.2, -0.15) is 0 Å². The SMILES string of the molecule is CCCC(=O)NCc1nnc(SCc2ccccc2)n1-c1ccc(Cl)cc1Cl. The third kappa shape index (κ3) is 5.28. The number of aromatic nitrogens is 3. The van der Waals surface area contributed by atoms with Crippen LogP contribution >= 0.6 is 35.0 Å². The highest BCUT2D eigenvalue weighted by Gasteiger charge is 2.17. The molecule has 3 aromatic rings. The fourth-order valence-corrected chi connectivity index (χ4v) is 4.04. The summed E-state index contributed by atoms with van der Waals surface area (Å²) < 4.78 is 1.87. The second kappa shape index (κ2) is 9.96. The van der Waals surface area contributed by atoms with Crippen LogP contribution in [0.1, 0.15) is 31.2 Å². The molecule has 0 aliphatic carbocycles. The Hall–Kier alpha value is -2.02. The summed E-state index contributed by atoms with van der Waals surface area (Å²) in [6.07, 6.45) is 1.27. The minimum absolute atomic E-state index is 0.0160. The molecule has 0 bridgehead atoms. The topological polar surface area (TPSA) is 59.8 Å². The Bertz CT molecular complexity index is 947. The number of nitrogens with zero attached hydrogens (tertiary/aromatic N) is 3. The molecule has 0 saturated carbocycles. The van der Waals surface area contributed by atoms with Crippen LogP contribution in [0.2, 0.25) is 10.0 Å². The van der Waals surface area contributed by atoms with Gasteiger partial charge in [0.1, 0.15) is 0 Å². The quantitative estimate of drug-likeness (QED) is 0.489. The molecule has 146 valence electrons. The molecule has 1 amide bonds. The molecule has 2 aromatic carbocycles. The van der Waals surface area contributed by atoms with E-state index in [1.807, 2.05) is 35.8 Å². The number of hydrogen-bond donors (Lipinski definition) is 1. The number of benzene rings is 2. The predicted octanol–water partition coefficient (Wildman–Crippen LogP) is 5.28. The first-order chi connectivity index (χ1) is 13.6. The highest BCUT2D eigenvalue weighted by molar-refractivity contribution is 7.98. The van der Waals surface area contributed by atoms with Crippen LogP contribution in [-0.2, 0) is 17.1 Å². The van der Waals surface area contributed by atoms with E-state index in [1.54, 1.807) is 23.9 Å². The Kier molecular flexibility index (Phi) is 7.36. The van der Waals surface area contributed by atoms with Crippen LogP contribution in [-0.4, -0.2) is 20.7 Å². The van der Waals surface area contributed by atoms with Gasteiger partial charge in [0.05, 0.1) is 17.3 Å². The van der Waals surface area contributed by atoms with Crippen molar-refractivity contribution in [1.29, 1.82) is 0 Å². The van der Waals surface area contributed by atoms with Crippen molar-refractivity contribution in [3.63, 3.8) is 0 Å². The summed E-state index contributed by atoms with van der Waals surface area (Å²) in [5, 5.41) is 13.3. The molecular weight excluding hydrogens is 415 g/mol. The van der Waals surface area contributed by atoms with Gasteiger partial charge in [-0.3, -0.25) is 9.36 Å². The number of hydrogen-bond acceptors (Lipinski definition) is 4. The summed E-state index contributed by atoms with van der Waals surface area (Å²) in [6.45, 7) is 2.24. The smallest absolute Gasteiger partial charge is 0.220 e. The van der Waals surface area contributed by atoms with Gasteiger partial charge in [-0.15, -0.1) is 10.2 Å². The Morgan fingerprint density at radius 3 is 2.64 bits per heavy atom. The zero-order chi connectivity index (χ0) is 19.9. The fourth-order valence-electron chi connectivity index (χ4n) is 2.63. The van der Waals surface area contributed by atoms with Crippen molar-refractivity contribution in [2.45, 2.75) is 37.2 Å². The van der Waals surface area contributed by atoms with Gasteiger partial charge in [0.2, 0.25) is 5.91 Å². The Morgan fingerprint density at radius 2 is 1.93 bits per heavy atom. The maximum Gasteiger partial charge on any atom is 0.220 e. The second-order valence-electron chi connectivity index (χ2n) is 6.13. The average molecular weight is 435 g/mol. The summed E-state index contributed by atoms with van der Waals surface area (Å²) in [5.74, 6) is 1.34. The average Bonchev–Trinajstić information content (AvgIpc) is 3.08. The summed E-state index contributed by atoms with van der Waals surface area (Å²) in [5.41, 5.74) is 1.91. The van der Waals surface area contributed by atoms with Crippen LogP contribution in [0, 0.1) is 0 Å².